The van der Waals surface area contributed by atoms with Crippen LogP contribution in [0.25, 0.3) is 10.7 Å². The lowest BCUT2D eigenvalue weighted by Crippen LogP contribution is -2.34. The predicted molar refractivity (Wildman–Crippen MR) is 82.4 cm³/mol. The Kier molecular flexibility index (Phi) is 3.45. The van der Waals surface area contributed by atoms with Gasteiger partial charge in [-0.2, -0.15) is 4.98 Å². The first-order chi connectivity index (χ1) is 9.57. The Balaban J connectivity index is 1.97. The van der Waals surface area contributed by atoms with Crippen LogP contribution in [0.3, 0.4) is 0 Å². The van der Waals surface area contributed by atoms with Gasteiger partial charge in [-0.3, -0.25) is 0 Å². The van der Waals surface area contributed by atoms with Crippen LogP contribution < -0.4 is 5.73 Å². The van der Waals surface area contributed by atoms with E-state index < -0.39 is 5.54 Å². The molecule has 0 spiro atoms. The highest BCUT2D eigenvalue weighted by atomic mass is 79.9. The first-order valence-electron chi connectivity index (χ1n) is 6.01. The number of nitrogens with zero attached hydrogens (tertiary/aromatic N) is 2. The molecule has 2 aromatic heterocycles. The van der Waals surface area contributed by atoms with Crippen LogP contribution in [0.4, 0.5) is 0 Å². The van der Waals surface area contributed by atoms with Gasteiger partial charge >= 0.3 is 0 Å². The lowest BCUT2D eigenvalue weighted by atomic mass is 9.93. The fourth-order valence-corrected chi connectivity index (χ4v) is 3.19. The van der Waals surface area contributed by atoms with Crippen LogP contribution in [0.15, 0.2) is 50.8 Å². The Hall–Kier alpha value is -1.50. The molecule has 3 aromatic rings. The number of benzene rings is 1. The van der Waals surface area contributed by atoms with Gasteiger partial charge in [-0.25, -0.2) is 0 Å². The van der Waals surface area contributed by atoms with Crippen LogP contribution in [-0.4, -0.2) is 10.1 Å². The molecule has 0 saturated heterocycles. The summed E-state index contributed by atoms with van der Waals surface area (Å²) in [6, 6.07) is 13.6. The van der Waals surface area contributed by atoms with Gasteiger partial charge < -0.3 is 10.3 Å². The number of rotatable bonds is 3. The molecule has 0 radical (unpaired) electrons. The van der Waals surface area contributed by atoms with Gasteiger partial charge in [0, 0.05) is 0 Å². The molecule has 0 saturated carbocycles. The Morgan fingerprint density at radius 1 is 1.20 bits per heavy atom. The maximum atomic E-state index is 6.35. The third-order valence-electron chi connectivity index (χ3n) is 3.04. The highest BCUT2D eigenvalue weighted by molar-refractivity contribution is 9.11. The smallest absolute Gasteiger partial charge is 0.251 e. The van der Waals surface area contributed by atoms with Crippen molar-refractivity contribution in [2.45, 2.75) is 12.5 Å². The minimum Gasteiger partial charge on any atom is -0.337 e. The molecule has 2 N–H and O–H groups in total. The maximum Gasteiger partial charge on any atom is 0.251 e. The number of halogens is 1. The van der Waals surface area contributed by atoms with Crippen LogP contribution in [0.5, 0.6) is 0 Å². The summed E-state index contributed by atoms with van der Waals surface area (Å²) in [7, 11) is 0. The molecule has 2 heterocycles. The molecule has 4 nitrogen and oxygen atoms in total. The van der Waals surface area contributed by atoms with E-state index in [4.69, 9.17) is 10.3 Å². The first kappa shape index (κ1) is 13.5. The number of hydrogen-bond donors (Lipinski definition) is 1. The molecule has 0 amide bonds. The van der Waals surface area contributed by atoms with E-state index in [2.05, 4.69) is 26.1 Å². The molecule has 0 aliphatic rings. The molecule has 3 rings (SSSR count). The van der Waals surface area contributed by atoms with E-state index in [1.54, 1.807) is 11.3 Å². The summed E-state index contributed by atoms with van der Waals surface area (Å²) in [5.41, 5.74) is 6.48. The molecule has 0 aliphatic carbocycles. The molecule has 20 heavy (non-hydrogen) atoms. The van der Waals surface area contributed by atoms with E-state index in [0.29, 0.717) is 11.7 Å². The maximum absolute atomic E-state index is 6.35. The van der Waals surface area contributed by atoms with Crippen molar-refractivity contribution in [2.75, 3.05) is 0 Å². The van der Waals surface area contributed by atoms with Gasteiger partial charge in [0.05, 0.1) is 8.66 Å². The van der Waals surface area contributed by atoms with Crippen LogP contribution in [0.2, 0.25) is 0 Å². The van der Waals surface area contributed by atoms with Gasteiger partial charge in [0.1, 0.15) is 5.54 Å². The molecule has 102 valence electrons. The molecular weight excluding hydrogens is 338 g/mol. The summed E-state index contributed by atoms with van der Waals surface area (Å²) in [5, 5.41) is 4.02. The van der Waals surface area contributed by atoms with Crippen molar-refractivity contribution in [3.05, 3.63) is 57.7 Å². The summed E-state index contributed by atoms with van der Waals surface area (Å²) in [6.45, 7) is 1.87. The van der Waals surface area contributed by atoms with Crippen LogP contribution in [0.1, 0.15) is 18.4 Å². The minimum atomic E-state index is -0.805. The lowest BCUT2D eigenvalue weighted by molar-refractivity contribution is 0.325. The zero-order valence-electron chi connectivity index (χ0n) is 10.7. The Bertz CT molecular complexity index is 721. The SMILES string of the molecule is CC(N)(c1ccccc1)c1nc(-c2ccc(Br)s2)no1. The Morgan fingerprint density at radius 3 is 2.60 bits per heavy atom. The summed E-state index contributed by atoms with van der Waals surface area (Å²) < 4.78 is 6.38. The number of nitrogens with two attached hydrogens (primary N) is 1. The van der Waals surface area contributed by atoms with Crippen molar-refractivity contribution in [3.63, 3.8) is 0 Å². The fraction of sp³-hybridized carbons (Fsp3) is 0.143. The minimum absolute atomic E-state index is 0.406. The molecule has 6 heteroatoms. The van der Waals surface area contributed by atoms with Crippen LogP contribution in [0, 0.1) is 0 Å². The van der Waals surface area contributed by atoms with Crippen LogP contribution in [-0.2, 0) is 5.54 Å². The first-order valence-corrected chi connectivity index (χ1v) is 7.62. The monoisotopic (exact) mass is 349 g/mol. The molecule has 0 fully saturated rings. The number of aromatic nitrogens is 2. The summed E-state index contributed by atoms with van der Waals surface area (Å²) in [4.78, 5) is 5.37. The van der Waals surface area contributed by atoms with E-state index >= 15 is 0 Å². The van der Waals surface area contributed by atoms with Gasteiger partial charge in [0.25, 0.3) is 5.89 Å². The standard InChI is InChI=1S/C14H12BrN3OS/c1-14(16,9-5-3-2-4-6-9)13-17-12(18-19-13)10-7-8-11(15)20-10/h2-8H,16H2,1H3. The van der Waals surface area contributed by atoms with Crippen LogP contribution >= 0.6 is 27.3 Å². The topological polar surface area (TPSA) is 64.9 Å². The second-order valence-corrected chi connectivity index (χ2v) is 7.06. The van der Waals surface area contributed by atoms with Crippen molar-refractivity contribution < 1.29 is 4.52 Å². The van der Waals surface area contributed by atoms with E-state index in [9.17, 15) is 0 Å². The summed E-state index contributed by atoms with van der Waals surface area (Å²) in [5.74, 6) is 0.964. The lowest BCUT2D eigenvalue weighted by Gasteiger charge is -2.19. The van der Waals surface area contributed by atoms with Crippen molar-refractivity contribution in [3.8, 4) is 10.7 Å². The van der Waals surface area contributed by atoms with Crippen molar-refractivity contribution in [1.29, 1.82) is 0 Å². The van der Waals surface area contributed by atoms with Crippen molar-refractivity contribution in [2.24, 2.45) is 5.73 Å². The molecule has 1 aromatic carbocycles. The molecular formula is C14H12BrN3OS. The quantitative estimate of drug-likeness (QED) is 0.781. The second kappa shape index (κ2) is 5.12. The molecule has 0 aliphatic heterocycles. The van der Waals surface area contributed by atoms with Gasteiger partial charge in [0.2, 0.25) is 5.82 Å². The third kappa shape index (κ3) is 2.42. The summed E-state index contributed by atoms with van der Waals surface area (Å²) in [6.07, 6.45) is 0. The Labute approximate surface area is 128 Å². The average molecular weight is 350 g/mol. The molecule has 1 atom stereocenters. The average Bonchev–Trinajstić information content (AvgIpc) is 3.08. The summed E-state index contributed by atoms with van der Waals surface area (Å²) >= 11 is 4.97. The van der Waals surface area contributed by atoms with Gasteiger partial charge in [0.15, 0.2) is 0 Å². The van der Waals surface area contributed by atoms with E-state index in [1.807, 2.05) is 49.4 Å². The van der Waals surface area contributed by atoms with Crippen molar-refractivity contribution >= 4 is 27.3 Å². The molecule has 0 bridgehead atoms. The van der Waals surface area contributed by atoms with Gasteiger partial charge in [-0.15, -0.1) is 11.3 Å². The number of hydrogen-bond acceptors (Lipinski definition) is 5. The van der Waals surface area contributed by atoms with Gasteiger partial charge in [-0.05, 0) is 40.5 Å². The van der Waals surface area contributed by atoms with E-state index in [-0.39, 0.29) is 0 Å². The zero-order chi connectivity index (χ0) is 14.2. The largest absolute Gasteiger partial charge is 0.337 e. The normalized spacial score (nSPS) is 14.2. The number of thiophene rings is 1. The van der Waals surface area contributed by atoms with E-state index in [1.165, 1.54) is 0 Å². The third-order valence-corrected chi connectivity index (χ3v) is 4.66. The highest BCUT2D eigenvalue weighted by Crippen LogP contribution is 2.31. The molecule has 1 unspecified atom stereocenters. The zero-order valence-corrected chi connectivity index (χ0v) is 13.1. The van der Waals surface area contributed by atoms with Crippen molar-refractivity contribution in [1.82, 2.24) is 10.1 Å². The second-order valence-electron chi connectivity index (χ2n) is 4.60. The van der Waals surface area contributed by atoms with Gasteiger partial charge in [-0.1, -0.05) is 35.5 Å². The predicted octanol–water partition coefficient (Wildman–Crippen LogP) is 3.78. The fourth-order valence-electron chi connectivity index (χ4n) is 1.88. The Morgan fingerprint density at radius 2 is 1.95 bits per heavy atom. The highest BCUT2D eigenvalue weighted by Gasteiger charge is 2.30. The van der Waals surface area contributed by atoms with E-state index in [0.717, 1.165) is 14.2 Å².